The molecule has 0 bridgehead atoms. The molecule has 0 aromatic heterocycles. The zero-order chi connectivity index (χ0) is 22.2. The average Bonchev–Trinajstić information content (AvgIpc) is 3.29. The average molecular weight is 573 g/mol. The van der Waals surface area contributed by atoms with Crippen LogP contribution in [0.3, 0.4) is 0 Å². The lowest BCUT2D eigenvalue weighted by Crippen LogP contribution is -2.20. The fraction of sp³-hybridized carbons (Fsp3) is 0.0667. The third-order valence-electron chi connectivity index (χ3n) is 6.18. The van der Waals surface area contributed by atoms with Crippen molar-refractivity contribution in [3.05, 3.63) is 132 Å². The Morgan fingerprint density at radius 3 is 2.26 bits per heavy atom. The predicted molar refractivity (Wildman–Crippen MR) is 157 cm³/mol. The Morgan fingerprint density at radius 1 is 0.794 bits per heavy atom. The number of anilines is 3. The first-order valence-corrected chi connectivity index (χ1v) is 12.1. The van der Waals surface area contributed by atoms with Crippen molar-refractivity contribution < 1.29 is 0 Å². The van der Waals surface area contributed by atoms with Gasteiger partial charge in [-0.25, -0.2) is 0 Å². The minimum atomic E-state index is 0. The van der Waals surface area contributed by atoms with Gasteiger partial charge < -0.3 is 10.2 Å². The molecule has 168 valence electrons. The van der Waals surface area contributed by atoms with Crippen molar-refractivity contribution in [1.82, 2.24) is 0 Å². The van der Waals surface area contributed by atoms with E-state index in [0.29, 0.717) is 0 Å². The number of halogens is 1. The normalized spacial score (nSPS) is 17.3. The smallest absolute Gasteiger partial charge is 0.0966 e. The molecule has 0 amide bonds. The number of allylic oxidation sites excluding steroid dienone is 2. The molecule has 0 saturated carbocycles. The number of fused-ring (bicyclic) bond motifs is 2. The van der Waals surface area contributed by atoms with Gasteiger partial charge in [-0.05, 0) is 60.0 Å². The molecule has 0 saturated heterocycles. The Bertz CT molecular complexity index is 1380. The second kappa shape index (κ2) is 9.72. The maximum Gasteiger partial charge on any atom is 0.0966 e. The summed E-state index contributed by atoms with van der Waals surface area (Å²) in [5.74, 6) is 0. The summed E-state index contributed by atoms with van der Waals surface area (Å²) in [5, 5.41) is 3.92. The summed E-state index contributed by atoms with van der Waals surface area (Å²) in [6.45, 7) is 2.17. The number of benzene rings is 4. The first-order chi connectivity index (χ1) is 16.3. The first-order valence-electron chi connectivity index (χ1n) is 11.2. The molecule has 4 heteroatoms. The standard InChI is InChI=1S/C30H24N2S.HI/c1-21-11-10-18-28-30(21)31-29(33-28)20-23-19-27(22-12-4-2-5-13-22)32(24-14-6-3-7-15-24)26-17-9-8-16-25(23)26;/h2-20,29,31H,1H3;1H. The number of hydrogen-bond acceptors (Lipinski definition) is 3. The Kier molecular flexibility index (Phi) is 6.53. The summed E-state index contributed by atoms with van der Waals surface area (Å²) in [6.07, 6.45) is 4.71. The van der Waals surface area contributed by atoms with E-state index in [2.05, 4.69) is 132 Å². The molecule has 2 aliphatic heterocycles. The minimum Gasteiger partial charge on any atom is -0.369 e. The Balaban J connectivity index is 0.00000241. The van der Waals surface area contributed by atoms with Crippen LogP contribution in [-0.2, 0) is 0 Å². The van der Waals surface area contributed by atoms with Crippen LogP contribution in [0.4, 0.5) is 17.1 Å². The second-order valence-electron chi connectivity index (χ2n) is 8.34. The molecule has 34 heavy (non-hydrogen) atoms. The number of nitrogens with zero attached hydrogens (tertiary/aromatic N) is 1. The van der Waals surface area contributed by atoms with Gasteiger partial charge in [0.2, 0.25) is 0 Å². The Labute approximate surface area is 222 Å². The molecular weight excluding hydrogens is 547 g/mol. The monoisotopic (exact) mass is 572 g/mol. The van der Waals surface area contributed by atoms with Crippen molar-refractivity contribution in [3.63, 3.8) is 0 Å². The van der Waals surface area contributed by atoms with Crippen LogP contribution in [0, 0.1) is 6.92 Å². The highest BCUT2D eigenvalue weighted by Crippen LogP contribution is 2.46. The predicted octanol–water partition coefficient (Wildman–Crippen LogP) is 8.73. The number of hydrogen-bond donors (Lipinski definition) is 1. The van der Waals surface area contributed by atoms with E-state index in [4.69, 9.17) is 0 Å². The lowest BCUT2D eigenvalue weighted by molar-refractivity contribution is 1.23. The molecule has 6 rings (SSSR count). The highest BCUT2D eigenvalue weighted by molar-refractivity contribution is 14.0. The van der Waals surface area contributed by atoms with Crippen molar-refractivity contribution in [3.8, 4) is 0 Å². The van der Waals surface area contributed by atoms with E-state index < -0.39 is 0 Å². The molecule has 4 aromatic carbocycles. The topological polar surface area (TPSA) is 15.3 Å². The number of nitrogens with one attached hydrogen (secondary N) is 1. The van der Waals surface area contributed by atoms with Gasteiger partial charge >= 0.3 is 0 Å². The van der Waals surface area contributed by atoms with E-state index in [0.717, 1.165) is 5.69 Å². The lowest BCUT2D eigenvalue weighted by Gasteiger charge is -2.34. The van der Waals surface area contributed by atoms with Crippen molar-refractivity contribution >= 4 is 64.1 Å². The molecule has 4 aromatic rings. The number of thioether (sulfide) groups is 1. The zero-order valence-electron chi connectivity index (χ0n) is 18.8. The van der Waals surface area contributed by atoms with Gasteiger partial charge in [0.15, 0.2) is 0 Å². The first kappa shape index (κ1) is 22.8. The molecule has 0 aliphatic carbocycles. The molecular formula is C30H25IN2S. The Hall–Kier alpha value is -2.96. The number of aryl methyl sites for hydroxylation is 1. The lowest BCUT2D eigenvalue weighted by atomic mass is 9.93. The maximum atomic E-state index is 3.72. The molecule has 2 nitrogen and oxygen atoms in total. The number of rotatable bonds is 3. The molecule has 0 radical (unpaired) electrons. The van der Waals surface area contributed by atoms with Gasteiger partial charge in [0.25, 0.3) is 0 Å². The zero-order valence-corrected chi connectivity index (χ0v) is 22.0. The summed E-state index contributed by atoms with van der Waals surface area (Å²) in [4.78, 5) is 3.69. The number of para-hydroxylation sites is 3. The highest BCUT2D eigenvalue weighted by atomic mass is 127. The molecule has 0 fully saturated rings. The van der Waals surface area contributed by atoms with Crippen molar-refractivity contribution in [1.29, 1.82) is 0 Å². The highest BCUT2D eigenvalue weighted by Gasteiger charge is 2.27. The summed E-state index contributed by atoms with van der Waals surface area (Å²) in [7, 11) is 0. The SMILES string of the molecule is Cc1cccc2c1NC(C=C1C=C(c3ccccc3)N(c3ccccc3)c3ccccc31)S2.I. The fourth-order valence-electron chi connectivity index (χ4n) is 4.62. The van der Waals surface area contributed by atoms with Crippen LogP contribution in [0.2, 0.25) is 0 Å². The molecule has 1 atom stereocenters. The third-order valence-corrected chi connectivity index (χ3v) is 7.28. The van der Waals surface area contributed by atoms with Crippen LogP contribution < -0.4 is 10.2 Å². The largest absolute Gasteiger partial charge is 0.369 e. The second-order valence-corrected chi connectivity index (χ2v) is 9.52. The fourth-order valence-corrected chi connectivity index (χ4v) is 5.78. The van der Waals surface area contributed by atoms with Crippen LogP contribution in [0.15, 0.2) is 120 Å². The summed E-state index contributed by atoms with van der Waals surface area (Å²) < 4.78 is 0. The van der Waals surface area contributed by atoms with E-state index in [-0.39, 0.29) is 29.4 Å². The molecule has 1 N–H and O–H groups in total. The van der Waals surface area contributed by atoms with Crippen molar-refractivity contribution in [2.75, 3.05) is 10.2 Å². The van der Waals surface area contributed by atoms with Crippen molar-refractivity contribution in [2.45, 2.75) is 17.2 Å². The summed E-state index contributed by atoms with van der Waals surface area (Å²) >= 11 is 1.88. The van der Waals surface area contributed by atoms with Crippen LogP contribution in [0.1, 0.15) is 16.7 Å². The van der Waals surface area contributed by atoms with Gasteiger partial charge in [-0.3, -0.25) is 0 Å². The van der Waals surface area contributed by atoms with E-state index in [1.54, 1.807) is 0 Å². The molecule has 1 unspecified atom stereocenters. The quantitative estimate of drug-likeness (QED) is 0.247. The molecule has 2 heterocycles. The third kappa shape index (κ3) is 4.17. The van der Waals surface area contributed by atoms with Crippen LogP contribution in [-0.4, -0.2) is 5.37 Å². The molecule has 0 spiro atoms. The van der Waals surface area contributed by atoms with Gasteiger partial charge in [0, 0.05) is 16.1 Å². The minimum absolute atomic E-state index is 0. The van der Waals surface area contributed by atoms with Crippen molar-refractivity contribution in [2.24, 2.45) is 0 Å². The van der Waals surface area contributed by atoms with E-state index >= 15 is 0 Å². The van der Waals surface area contributed by atoms with Gasteiger partial charge in [-0.2, -0.15) is 0 Å². The summed E-state index contributed by atoms with van der Waals surface area (Å²) in [6, 6.07) is 36.5. The van der Waals surface area contributed by atoms with Gasteiger partial charge in [-0.15, -0.1) is 24.0 Å². The van der Waals surface area contributed by atoms with Gasteiger partial charge in [0.05, 0.1) is 22.4 Å². The van der Waals surface area contributed by atoms with Crippen LogP contribution in [0.5, 0.6) is 0 Å². The van der Waals surface area contributed by atoms with E-state index in [9.17, 15) is 0 Å². The Morgan fingerprint density at radius 2 is 1.50 bits per heavy atom. The van der Waals surface area contributed by atoms with Gasteiger partial charge in [0.1, 0.15) is 0 Å². The maximum absolute atomic E-state index is 3.72. The van der Waals surface area contributed by atoms with E-state index in [1.807, 2.05) is 11.8 Å². The summed E-state index contributed by atoms with van der Waals surface area (Å²) in [5.41, 5.74) is 9.79. The van der Waals surface area contributed by atoms with E-state index in [1.165, 1.54) is 44.2 Å². The van der Waals surface area contributed by atoms with Crippen LogP contribution in [0.25, 0.3) is 11.3 Å². The van der Waals surface area contributed by atoms with Crippen LogP contribution >= 0.6 is 35.7 Å². The van der Waals surface area contributed by atoms with Gasteiger partial charge in [-0.1, -0.05) is 90.6 Å². The molecule has 2 aliphatic rings.